The highest BCUT2D eigenvalue weighted by molar-refractivity contribution is 7.90. The van der Waals surface area contributed by atoms with Gasteiger partial charge in [-0.3, -0.25) is 0 Å². The summed E-state index contributed by atoms with van der Waals surface area (Å²) in [4.78, 5) is 0. The van der Waals surface area contributed by atoms with E-state index in [1.165, 1.54) is 0 Å². The Morgan fingerprint density at radius 1 is 1.22 bits per heavy atom. The van der Waals surface area contributed by atoms with E-state index >= 15 is 0 Å². The van der Waals surface area contributed by atoms with E-state index in [2.05, 4.69) is 0 Å². The molecule has 102 valence electrons. The largest absolute Gasteiger partial charge is 0.228 e. The minimum atomic E-state index is -3.10. The highest BCUT2D eigenvalue weighted by Crippen LogP contribution is 2.19. The molecule has 0 radical (unpaired) electrons. The van der Waals surface area contributed by atoms with Gasteiger partial charge in [-0.05, 0) is 30.4 Å². The van der Waals surface area contributed by atoms with Crippen LogP contribution < -0.4 is 0 Å². The third-order valence-electron chi connectivity index (χ3n) is 2.86. The monoisotopic (exact) mass is 308 g/mol. The van der Waals surface area contributed by atoms with Crippen molar-refractivity contribution in [3.63, 3.8) is 0 Å². The lowest BCUT2D eigenvalue weighted by atomic mass is 10.1. The third kappa shape index (κ3) is 5.59. The fourth-order valence-corrected chi connectivity index (χ4v) is 3.92. The van der Waals surface area contributed by atoms with E-state index in [1.54, 1.807) is 24.3 Å². The molecule has 0 aliphatic heterocycles. The van der Waals surface area contributed by atoms with Crippen LogP contribution in [0.3, 0.4) is 0 Å². The molecule has 0 spiro atoms. The first-order chi connectivity index (χ1) is 8.44. The van der Waals surface area contributed by atoms with Gasteiger partial charge >= 0.3 is 0 Å². The predicted octanol–water partition coefficient (Wildman–Crippen LogP) is 3.91. The van der Waals surface area contributed by atoms with Gasteiger partial charge < -0.3 is 0 Å². The Balaban J connectivity index is 2.58. The highest BCUT2D eigenvalue weighted by Gasteiger charge is 2.15. The molecule has 18 heavy (non-hydrogen) atoms. The van der Waals surface area contributed by atoms with Crippen LogP contribution in [0.25, 0.3) is 0 Å². The zero-order valence-corrected chi connectivity index (χ0v) is 12.7. The van der Waals surface area contributed by atoms with Gasteiger partial charge in [0.25, 0.3) is 0 Å². The summed E-state index contributed by atoms with van der Waals surface area (Å²) in [5.41, 5.74) is 0.671. The Kier molecular flexibility index (Phi) is 6.47. The number of sulfone groups is 1. The molecule has 0 amide bonds. The van der Waals surface area contributed by atoms with Gasteiger partial charge in [0.2, 0.25) is 0 Å². The van der Waals surface area contributed by atoms with Crippen molar-refractivity contribution in [2.45, 2.75) is 25.5 Å². The fourth-order valence-electron chi connectivity index (χ4n) is 1.64. The van der Waals surface area contributed by atoms with Crippen LogP contribution >= 0.6 is 23.2 Å². The zero-order valence-electron chi connectivity index (χ0n) is 10.4. The van der Waals surface area contributed by atoms with Gasteiger partial charge in [-0.25, -0.2) is 8.42 Å². The smallest absolute Gasteiger partial charge is 0.154 e. The van der Waals surface area contributed by atoms with Crippen molar-refractivity contribution in [2.24, 2.45) is 5.92 Å². The molecule has 0 aliphatic carbocycles. The molecule has 0 saturated carbocycles. The van der Waals surface area contributed by atoms with E-state index in [0.29, 0.717) is 28.8 Å². The molecule has 0 bridgehead atoms. The molecule has 1 atom stereocenters. The first-order valence-corrected chi connectivity index (χ1v) is 8.68. The Morgan fingerprint density at radius 2 is 1.89 bits per heavy atom. The molecule has 1 aromatic carbocycles. The molecular formula is C13H18Cl2O2S. The lowest BCUT2D eigenvalue weighted by molar-refractivity contribution is 0.534. The van der Waals surface area contributed by atoms with Gasteiger partial charge in [0, 0.05) is 10.9 Å². The molecular weight excluding hydrogens is 291 g/mol. The van der Waals surface area contributed by atoms with Crippen molar-refractivity contribution in [1.82, 2.24) is 0 Å². The molecule has 0 fully saturated rings. The number of rotatable bonds is 7. The Hall–Kier alpha value is -0.250. The second-order valence-corrected chi connectivity index (χ2v) is 7.52. The molecule has 0 saturated heterocycles. The Labute approximate surface area is 119 Å². The van der Waals surface area contributed by atoms with Crippen LogP contribution in [0.15, 0.2) is 24.3 Å². The number of halogens is 2. The van der Waals surface area contributed by atoms with E-state index in [0.717, 1.165) is 6.42 Å². The lowest BCUT2D eigenvalue weighted by Gasteiger charge is -2.10. The topological polar surface area (TPSA) is 34.1 Å². The Morgan fingerprint density at radius 3 is 2.50 bits per heavy atom. The summed E-state index contributed by atoms with van der Waals surface area (Å²) < 4.78 is 23.9. The number of benzene rings is 1. The van der Waals surface area contributed by atoms with Crippen LogP contribution in [0.1, 0.15) is 25.3 Å². The Bertz CT molecular complexity index is 472. The average molecular weight is 309 g/mol. The summed E-state index contributed by atoms with van der Waals surface area (Å²) in [5, 5.41) is 0.509. The van der Waals surface area contributed by atoms with Crippen LogP contribution in [-0.2, 0) is 15.6 Å². The summed E-state index contributed by atoms with van der Waals surface area (Å²) in [6.07, 6.45) is 1.50. The molecule has 5 heteroatoms. The first-order valence-electron chi connectivity index (χ1n) is 5.94. The molecule has 0 heterocycles. The highest BCUT2D eigenvalue weighted by atomic mass is 35.5. The van der Waals surface area contributed by atoms with Crippen LogP contribution in [-0.4, -0.2) is 20.1 Å². The number of alkyl halides is 1. The van der Waals surface area contributed by atoms with Gasteiger partial charge in [-0.15, -0.1) is 11.6 Å². The summed E-state index contributed by atoms with van der Waals surface area (Å²) in [6, 6.07) is 7.05. The molecule has 1 unspecified atom stereocenters. The van der Waals surface area contributed by atoms with E-state index < -0.39 is 9.84 Å². The van der Waals surface area contributed by atoms with E-state index in [4.69, 9.17) is 23.2 Å². The van der Waals surface area contributed by atoms with Crippen LogP contribution in [0.4, 0.5) is 0 Å². The maximum absolute atomic E-state index is 12.0. The summed E-state index contributed by atoms with van der Waals surface area (Å²) in [6.45, 7) is 2.02. The molecule has 1 aromatic rings. The minimum Gasteiger partial charge on any atom is -0.228 e. The standard InChI is InChI=1S/C13H18Cl2O2S/c1-11(6-8-14)7-9-18(16,17)10-12-4-2-3-5-13(12)15/h2-5,11H,6-10H2,1H3. The molecule has 2 nitrogen and oxygen atoms in total. The third-order valence-corrected chi connectivity index (χ3v) is 5.05. The summed E-state index contributed by atoms with van der Waals surface area (Å²) in [5.74, 6) is 1.12. The normalized spacial score (nSPS) is 13.5. The molecule has 1 rings (SSSR count). The van der Waals surface area contributed by atoms with Crippen LogP contribution in [0.2, 0.25) is 5.02 Å². The van der Waals surface area contributed by atoms with Crippen LogP contribution in [0, 0.1) is 5.92 Å². The fraction of sp³-hybridized carbons (Fsp3) is 0.538. The SMILES string of the molecule is CC(CCCl)CCS(=O)(=O)Cc1ccccc1Cl. The van der Waals surface area contributed by atoms with E-state index in [9.17, 15) is 8.42 Å². The van der Waals surface area contributed by atoms with E-state index in [1.807, 2.05) is 6.92 Å². The predicted molar refractivity (Wildman–Crippen MR) is 78.1 cm³/mol. The molecule has 0 aromatic heterocycles. The van der Waals surface area contributed by atoms with Gasteiger partial charge in [0.05, 0.1) is 11.5 Å². The van der Waals surface area contributed by atoms with Gasteiger partial charge in [0.15, 0.2) is 9.84 Å². The molecule has 0 N–H and O–H groups in total. The first kappa shape index (κ1) is 15.8. The second kappa shape index (κ2) is 7.37. The second-order valence-electron chi connectivity index (χ2n) is 4.55. The zero-order chi connectivity index (χ0) is 13.6. The van der Waals surface area contributed by atoms with Gasteiger partial charge in [-0.2, -0.15) is 0 Å². The average Bonchev–Trinajstić information content (AvgIpc) is 2.30. The van der Waals surface area contributed by atoms with Gasteiger partial charge in [-0.1, -0.05) is 36.7 Å². The number of hydrogen-bond acceptors (Lipinski definition) is 2. The van der Waals surface area contributed by atoms with E-state index in [-0.39, 0.29) is 11.5 Å². The van der Waals surface area contributed by atoms with Crippen molar-refractivity contribution >= 4 is 33.0 Å². The van der Waals surface area contributed by atoms with Crippen molar-refractivity contribution < 1.29 is 8.42 Å². The van der Waals surface area contributed by atoms with Gasteiger partial charge in [0.1, 0.15) is 0 Å². The van der Waals surface area contributed by atoms with Crippen LogP contribution in [0.5, 0.6) is 0 Å². The summed E-state index contributed by atoms with van der Waals surface area (Å²) >= 11 is 11.6. The van der Waals surface area contributed by atoms with Crippen molar-refractivity contribution in [3.8, 4) is 0 Å². The van der Waals surface area contributed by atoms with Crippen molar-refractivity contribution in [1.29, 1.82) is 0 Å². The maximum atomic E-state index is 12.0. The summed E-state index contributed by atoms with van der Waals surface area (Å²) in [7, 11) is -3.10. The molecule has 0 aliphatic rings. The van der Waals surface area contributed by atoms with Crippen molar-refractivity contribution in [3.05, 3.63) is 34.9 Å². The van der Waals surface area contributed by atoms with Crippen molar-refractivity contribution in [2.75, 3.05) is 11.6 Å². The lowest BCUT2D eigenvalue weighted by Crippen LogP contribution is -2.12. The number of hydrogen-bond donors (Lipinski definition) is 0. The maximum Gasteiger partial charge on any atom is 0.154 e. The minimum absolute atomic E-state index is 0.0142. The quantitative estimate of drug-likeness (QED) is 0.716.